The molecule has 1 fully saturated rings. The lowest BCUT2D eigenvalue weighted by Crippen LogP contribution is -2.43. The van der Waals surface area contributed by atoms with Crippen molar-refractivity contribution in [2.75, 3.05) is 13.1 Å². The summed E-state index contributed by atoms with van der Waals surface area (Å²) in [6.07, 6.45) is 2.02. The summed E-state index contributed by atoms with van der Waals surface area (Å²) in [6, 6.07) is 0. The second-order valence-electron chi connectivity index (χ2n) is 3.86. The lowest BCUT2D eigenvalue weighted by molar-refractivity contribution is -0.0361. The third-order valence-corrected chi connectivity index (χ3v) is 1.96. The van der Waals surface area contributed by atoms with Crippen LogP contribution >= 0.6 is 0 Å². The third kappa shape index (κ3) is 3.21. The van der Waals surface area contributed by atoms with E-state index in [9.17, 15) is 0 Å². The van der Waals surface area contributed by atoms with Gasteiger partial charge >= 0.3 is 0 Å². The van der Waals surface area contributed by atoms with Gasteiger partial charge in [0.15, 0.2) is 0 Å². The molecule has 0 aromatic rings. The van der Waals surface area contributed by atoms with Crippen LogP contribution in [0.3, 0.4) is 0 Å². The van der Waals surface area contributed by atoms with Gasteiger partial charge in [0.25, 0.3) is 0 Å². The van der Waals surface area contributed by atoms with E-state index >= 15 is 0 Å². The summed E-state index contributed by atoms with van der Waals surface area (Å²) in [5, 5.41) is 3.36. The van der Waals surface area contributed by atoms with Crippen molar-refractivity contribution in [3.05, 3.63) is 0 Å². The number of rotatable bonds is 2. The topological polar surface area (TPSA) is 21.3 Å². The first kappa shape index (κ1) is 9.01. The molecule has 2 heteroatoms. The van der Waals surface area contributed by atoms with Gasteiger partial charge in [-0.05, 0) is 19.3 Å². The Kier molecular flexibility index (Phi) is 3.34. The van der Waals surface area contributed by atoms with E-state index in [4.69, 9.17) is 4.74 Å². The summed E-state index contributed by atoms with van der Waals surface area (Å²) in [7, 11) is 0. The van der Waals surface area contributed by atoms with E-state index in [2.05, 4.69) is 26.1 Å². The van der Waals surface area contributed by atoms with Gasteiger partial charge in [-0.1, -0.05) is 13.8 Å². The Labute approximate surface area is 69.3 Å². The van der Waals surface area contributed by atoms with E-state index in [-0.39, 0.29) is 0 Å². The van der Waals surface area contributed by atoms with Crippen LogP contribution in [-0.4, -0.2) is 25.3 Å². The monoisotopic (exact) mass is 157 g/mol. The van der Waals surface area contributed by atoms with Crippen molar-refractivity contribution in [1.29, 1.82) is 0 Å². The highest BCUT2D eigenvalue weighted by Crippen LogP contribution is 2.12. The summed E-state index contributed by atoms with van der Waals surface area (Å²) in [5.74, 6) is 0.743. The van der Waals surface area contributed by atoms with Gasteiger partial charge in [-0.3, -0.25) is 0 Å². The zero-order valence-electron chi connectivity index (χ0n) is 7.76. The van der Waals surface area contributed by atoms with Gasteiger partial charge in [0, 0.05) is 13.1 Å². The van der Waals surface area contributed by atoms with E-state index in [0.29, 0.717) is 12.2 Å². The van der Waals surface area contributed by atoms with E-state index in [1.165, 1.54) is 6.42 Å². The van der Waals surface area contributed by atoms with Crippen molar-refractivity contribution in [1.82, 2.24) is 5.32 Å². The smallest absolute Gasteiger partial charge is 0.0706 e. The first-order chi connectivity index (χ1) is 5.18. The van der Waals surface area contributed by atoms with Crippen LogP contribution in [-0.2, 0) is 4.74 Å². The standard InChI is InChI=1S/C9H19NO/c1-7(2)4-9-6-10-5-8(3)11-9/h7-10H,4-6H2,1-3H3. The molecule has 2 nitrogen and oxygen atoms in total. The van der Waals surface area contributed by atoms with Gasteiger partial charge in [-0.15, -0.1) is 0 Å². The van der Waals surface area contributed by atoms with Crippen molar-refractivity contribution in [2.24, 2.45) is 5.92 Å². The molecule has 0 amide bonds. The van der Waals surface area contributed by atoms with E-state index in [0.717, 1.165) is 19.0 Å². The molecule has 0 radical (unpaired) electrons. The average Bonchev–Trinajstić information content (AvgIpc) is 1.85. The normalized spacial score (nSPS) is 32.7. The molecule has 0 aromatic carbocycles. The van der Waals surface area contributed by atoms with Crippen molar-refractivity contribution < 1.29 is 4.74 Å². The Morgan fingerprint density at radius 2 is 2.18 bits per heavy atom. The van der Waals surface area contributed by atoms with Crippen molar-refractivity contribution in [3.8, 4) is 0 Å². The van der Waals surface area contributed by atoms with Crippen LogP contribution in [0, 0.1) is 5.92 Å². The third-order valence-electron chi connectivity index (χ3n) is 1.96. The molecule has 2 atom stereocenters. The van der Waals surface area contributed by atoms with Gasteiger partial charge in [-0.25, -0.2) is 0 Å². The molecule has 0 spiro atoms. The van der Waals surface area contributed by atoms with Crippen molar-refractivity contribution in [2.45, 2.75) is 39.4 Å². The Morgan fingerprint density at radius 3 is 2.73 bits per heavy atom. The van der Waals surface area contributed by atoms with Gasteiger partial charge in [0.05, 0.1) is 12.2 Å². The zero-order chi connectivity index (χ0) is 8.27. The fourth-order valence-electron chi connectivity index (χ4n) is 1.54. The SMILES string of the molecule is CC(C)CC1CNCC(C)O1. The van der Waals surface area contributed by atoms with E-state index in [1.807, 2.05) is 0 Å². The Morgan fingerprint density at radius 1 is 1.45 bits per heavy atom. The highest BCUT2D eigenvalue weighted by atomic mass is 16.5. The first-order valence-corrected chi connectivity index (χ1v) is 4.54. The van der Waals surface area contributed by atoms with Gasteiger partial charge in [-0.2, -0.15) is 0 Å². The molecule has 1 N–H and O–H groups in total. The Balaban J connectivity index is 2.23. The minimum atomic E-state index is 0.396. The molecule has 11 heavy (non-hydrogen) atoms. The molecule has 1 rings (SSSR count). The van der Waals surface area contributed by atoms with Gasteiger partial charge < -0.3 is 10.1 Å². The predicted octanol–water partition coefficient (Wildman–Crippen LogP) is 1.41. The average molecular weight is 157 g/mol. The number of ether oxygens (including phenoxy) is 1. The second-order valence-corrected chi connectivity index (χ2v) is 3.86. The zero-order valence-corrected chi connectivity index (χ0v) is 7.76. The van der Waals surface area contributed by atoms with E-state index in [1.54, 1.807) is 0 Å². The molecule has 1 aliphatic heterocycles. The second kappa shape index (κ2) is 4.07. The molecule has 0 saturated carbocycles. The molecule has 0 bridgehead atoms. The molecule has 66 valence electrons. The highest BCUT2D eigenvalue weighted by Gasteiger charge is 2.18. The molecule has 1 aliphatic rings. The highest BCUT2D eigenvalue weighted by molar-refractivity contribution is 4.72. The van der Waals surface area contributed by atoms with Crippen LogP contribution in [0.1, 0.15) is 27.2 Å². The number of hydrogen-bond acceptors (Lipinski definition) is 2. The minimum absolute atomic E-state index is 0.396. The van der Waals surface area contributed by atoms with Crippen LogP contribution in [0.25, 0.3) is 0 Å². The molecule has 0 aliphatic carbocycles. The van der Waals surface area contributed by atoms with Gasteiger partial charge in [0.2, 0.25) is 0 Å². The maximum Gasteiger partial charge on any atom is 0.0706 e. The number of hydrogen-bond donors (Lipinski definition) is 1. The molecule has 1 heterocycles. The summed E-state index contributed by atoms with van der Waals surface area (Å²) in [4.78, 5) is 0. The first-order valence-electron chi connectivity index (χ1n) is 4.54. The van der Waals surface area contributed by atoms with Crippen LogP contribution in [0.4, 0.5) is 0 Å². The van der Waals surface area contributed by atoms with Crippen LogP contribution in [0.2, 0.25) is 0 Å². The largest absolute Gasteiger partial charge is 0.373 e. The summed E-state index contributed by atoms with van der Waals surface area (Å²) in [6.45, 7) is 8.64. The summed E-state index contributed by atoms with van der Waals surface area (Å²) >= 11 is 0. The number of nitrogens with one attached hydrogen (secondary N) is 1. The lowest BCUT2D eigenvalue weighted by atomic mass is 10.0. The molecule has 1 saturated heterocycles. The van der Waals surface area contributed by atoms with Crippen molar-refractivity contribution in [3.63, 3.8) is 0 Å². The fraction of sp³-hybridized carbons (Fsp3) is 1.00. The Bertz CT molecular complexity index is 112. The fourth-order valence-corrected chi connectivity index (χ4v) is 1.54. The Hall–Kier alpha value is -0.0800. The number of morpholine rings is 1. The van der Waals surface area contributed by atoms with Crippen LogP contribution < -0.4 is 5.32 Å². The minimum Gasteiger partial charge on any atom is -0.373 e. The molecule has 2 unspecified atom stereocenters. The summed E-state index contributed by atoms with van der Waals surface area (Å²) in [5.41, 5.74) is 0. The van der Waals surface area contributed by atoms with Crippen molar-refractivity contribution >= 4 is 0 Å². The predicted molar refractivity (Wildman–Crippen MR) is 46.7 cm³/mol. The molecule has 0 aromatic heterocycles. The quantitative estimate of drug-likeness (QED) is 0.654. The maximum absolute atomic E-state index is 5.73. The maximum atomic E-state index is 5.73. The molecular weight excluding hydrogens is 138 g/mol. The summed E-state index contributed by atoms with van der Waals surface area (Å²) < 4.78 is 5.73. The van der Waals surface area contributed by atoms with E-state index < -0.39 is 0 Å². The lowest BCUT2D eigenvalue weighted by Gasteiger charge is -2.29. The molecular formula is C9H19NO. The van der Waals surface area contributed by atoms with Crippen LogP contribution in [0.15, 0.2) is 0 Å². The van der Waals surface area contributed by atoms with Crippen LogP contribution in [0.5, 0.6) is 0 Å². The van der Waals surface area contributed by atoms with Gasteiger partial charge in [0.1, 0.15) is 0 Å².